The lowest BCUT2D eigenvalue weighted by atomic mass is 10.1. The predicted octanol–water partition coefficient (Wildman–Crippen LogP) is 1.14. The van der Waals surface area contributed by atoms with Crippen molar-refractivity contribution >= 4 is 5.97 Å². The molecule has 0 amide bonds. The van der Waals surface area contributed by atoms with Crippen molar-refractivity contribution in [3.63, 3.8) is 0 Å². The van der Waals surface area contributed by atoms with Gasteiger partial charge in [0.2, 0.25) is 0 Å². The molecule has 0 N–H and O–H groups in total. The molecular formula is C11H17N3O2. The van der Waals surface area contributed by atoms with Crippen molar-refractivity contribution in [2.45, 2.75) is 38.6 Å². The number of nitrogens with zero attached hydrogens (tertiary/aromatic N) is 3. The molecule has 1 aromatic rings. The molecule has 0 aromatic carbocycles. The number of aromatic nitrogens is 3. The number of esters is 1. The molecule has 0 radical (unpaired) electrons. The van der Waals surface area contributed by atoms with Crippen molar-refractivity contribution in [1.82, 2.24) is 14.8 Å². The summed E-state index contributed by atoms with van der Waals surface area (Å²) >= 11 is 0. The summed E-state index contributed by atoms with van der Waals surface area (Å²) in [5.41, 5.74) is -0.514. The number of carbonyl (C=O) groups is 1. The number of methoxy groups -OCH3 is 1. The molecule has 0 saturated heterocycles. The largest absolute Gasteiger partial charge is 0.468 e. The van der Waals surface area contributed by atoms with Crippen LogP contribution >= 0.6 is 0 Å². The Bertz CT molecular complexity index is 394. The highest BCUT2D eigenvalue weighted by atomic mass is 16.5. The van der Waals surface area contributed by atoms with E-state index in [2.05, 4.69) is 24.0 Å². The highest BCUT2D eigenvalue weighted by Crippen LogP contribution is 2.48. The second-order valence-electron chi connectivity index (χ2n) is 4.77. The molecule has 0 unspecified atom stereocenters. The Morgan fingerprint density at radius 1 is 1.62 bits per heavy atom. The molecule has 1 heterocycles. The molecule has 0 aliphatic heterocycles. The van der Waals surface area contributed by atoms with Crippen LogP contribution in [0.5, 0.6) is 0 Å². The highest BCUT2D eigenvalue weighted by Gasteiger charge is 2.56. The zero-order valence-corrected chi connectivity index (χ0v) is 9.93. The molecule has 1 fully saturated rings. The molecular weight excluding hydrogens is 206 g/mol. The minimum absolute atomic E-state index is 0.189. The summed E-state index contributed by atoms with van der Waals surface area (Å²) in [5.74, 6) is 1.07. The van der Waals surface area contributed by atoms with Crippen LogP contribution in [-0.4, -0.2) is 27.8 Å². The van der Waals surface area contributed by atoms with Crippen LogP contribution in [0.1, 0.15) is 32.5 Å². The first-order valence-corrected chi connectivity index (χ1v) is 5.57. The second-order valence-corrected chi connectivity index (χ2v) is 4.77. The molecule has 1 saturated carbocycles. The molecule has 0 atom stereocenters. The molecule has 2 rings (SSSR count). The Morgan fingerprint density at radius 3 is 2.81 bits per heavy atom. The number of hydrogen-bond donors (Lipinski definition) is 0. The number of carbonyl (C=O) groups excluding carboxylic acids is 1. The van der Waals surface area contributed by atoms with Crippen molar-refractivity contribution in [2.75, 3.05) is 7.11 Å². The highest BCUT2D eigenvalue weighted by molar-refractivity contribution is 5.85. The van der Waals surface area contributed by atoms with E-state index in [-0.39, 0.29) is 5.97 Å². The topological polar surface area (TPSA) is 57.0 Å². The third-order valence-electron chi connectivity index (χ3n) is 2.93. The first kappa shape index (κ1) is 11.1. The van der Waals surface area contributed by atoms with Gasteiger partial charge in [-0.05, 0) is 18.8 Å². The van der Waals surface area contributed by atoms with Gasteiger partial charge < -0.3 is 9.30 Å². The third kappa shape index (κ3) is 1.70. The van der Waals surface area contributed by atoms with Crippen LogP contribution in [0.15, 0.2) is 6.33 Å². The zero-order valence-electron chi connectivity index (χ0n) is 9.93. The fraction of sp³-hybridized carbons (Fsp3) is 0.727. The molecule has 0 bridgehead atoms. The van der Waals surface area contributed by atoms with E-state index in [1.54, 1.807) is 6.33 Å². The lowest BCUT2D eigenvalue weighted by Crippen LogP contribution is -2.26. The van der Waals surface area contributed by atoms with Crippen LogP contribution in [0.3, 0.4) is 0 Å². The zero-order chi connectivity index (χ0) is 11.8. The average Bonchev–Trinajstić information content (AvgIpc) is 2.93. The fourth-order valence-corrected chi connectivity index (χ4v) is 1.99. The lowest BCUT2D eigenvalue weighted by Gasteiger charge is -2.14. The molecule has 88 valence electrons. The quantitative estimate of drug-likeness (QED) is 0.718. The normalized spacial score (nSPS) is 17.5. The van der Waals surface area contributed by atoms with Crippen molar-refractivity contribution in [2.24, 2.45) is 5.92 Å². The molecule has 16 heavy (non-hydrogen) atoms. The van der Waals surface area contributed by atoms with Gasteiger partial charge in [-0.25, -0.2) is 0 Å². The third-order valence-corrected chi connectivity index (χ3v) is 2.93. The summed E-state index contributed by atoms with van der Waals surface area (Å²) in [5, 5.41) is 7.99. The second kappa shape index (κ2) is 3.88. The minimum Gasteiger partial charge on any atom is -0.468 e. The maximum absolute atomic E-state index is 11.7. The molecule has 1 aliphatic rings. The van der Waals surface area contributed by atoms with Gasteiger partial charge >= 0.3 is 5.97 Å². The Balaban J connectivity index is 2.27. The average molecular weight is 223 g/mol. The minimum atomic E-state index is -0.514. The van der Waals surface area contributed by atoms with Gasteiger partial charge in [0.25, 0.3) is 0 Å². The van der Waals surface area contributed by atoms with Crippen LogP contribution in [0.2, 0.25) is 0 Å². The van der Waals surface area contributed by atoms with E-state index in [0.717, 1.165) is 25.2 Å². The van der Waals surface area contributed by atoms with Crippen LogP contribution in [0.4, 0.5) is 0 Å². The van der Waals surface area contributed by atoms with Crippen LogP contribution in [0, 0.1) is 5.92 Å². The summed E-state index contributed by atoms with van der Waals surface area (Å²) in [7, 11) is 1.42. The van der Waals surface area contributed by atoms with Crippen molar-refractivity contribution < 1.29 is 9.53 Å². The summed E-state index contributed by atoms with van der Waals surface area (Å²) in [6.07, 6.45) is 3.32. The van der Waals surface area contributed by atoms with Gasteiger partial charge in [-0.2, -0.15) is 0 Å². The van der Waals surface area contributed by atoms with Gasteiger partial charge in [0.1, 0.15) is 17.6 Å². The van der Waals surface area contributed by atoms with Gasteiger partial charge in [0.05, 0.1) is 7.11 Å². The molecule has 0 spiro atoms. The maximum atomic E-state index is 11.7. The summed E-state index contributed by atoms with van der Waals surface area (Å²) < 4.78 is 6.81. The van der Waals surface area contributed by atoms with Crippen LogP contribution in [0.25, 0.3) is 0 Å². The van der Waals surface area contributed by atoms with E-state index in [0.29, 0.717) is 5.92 Å². The van der Waals surface area contributed by atoms with Gasteiger partial charge in [0.15, 0.2) is 0 Å². The number of ether oxygens (including phenoxy) is 1. The first-order valence-electron chi connectivity index (χ1n) is 5.57. The van der Waals surface area contributed by atoms with Crippen molar-refractivity contribution in [3.05, 3.63) is 12.2 Å². The Labute approximate surface area is 94.8 Å². The fourth-order valence-electron chi connectivity index (χ4n) is 1.99. The molecule has 5 nitrogen and oxygen atoms in total. The van der Waals surface area contributed by atoms with Gasteiger partial charge in [-0.15, -0.1) is 10.2 Å². The van der Waals surface area contributed by atoms with Gasteiger partial charge in [-0.1, -0.05) is 13.8 Å². The maximum Gasteiger partial charge on any atom is 0.319 e. The van der Waals surface area contributed by atoms with Crippen molar-refractivity contribution in [1.29, 1.82) is 0 Å². The van der Waals surface area contributed by atoms with E-state index in [1.807, 2.05) is 4.57 Å². The predicted molar refractivity (Wildman–Crippen MR) is 57.8 cm³/mol. The SMILES string of the molecule is COC(=O)C1(c2nncn2CC(C)C)CC1. The van der Waals surface area contributed by atoms with Crippen LogP contribution in [-0.2, 0) is 21.5 Å². The van der Waals surface area contributed by atoms with E-state index in [1.165, 1.54) is 7.11 Å². The number of rotatable bonds is 4. The Kier molecular flexibility index (Phi) is 2.69. The monoisotopic (exact) mass is 223 g/mol. The lowest BCUT2D eigenvalue weighted by molar-refractivity contribution is -0.144. The van der Waals surface area contributed by atoms with Crippen LogP contribution < -0.4 is 0 Å². The Morgan fingerprint density at radius 2 is 2.31 bits per heavy atom. The van der Waals surface area contributed by atoms with Crippen molar-refractivity contribution in [3.8, 4) is 0 Å². The summed E-state index contributed by atoms with van der Waals surface area (Å²) in [6, 6.07) is 0. The number of hydrogen-bond acceptors (Lipinski definition) is 4. The van der Waals surface area contributed by atoms with Gasteiger partial charge in [0, 0.05) is 6.54 Å². The first-order chi connectivity index (χ1) is 7.60. The van der Waals surface area contributed by atoms with E-state index in [4.69, 9.17) is 4.74 Å². The van der Waals surface area contributed by atoms with E-state index < -0.39 is 5.41 Å². The summed E-state index contributed by atoms with van der Waals surface area (Å²) in [4.78, 5) is 11.7. The molecule has 1 aliphatic carbocycles. The van der Waals surface area contributed by atoms with E-state index >= 15 is 0 Å². The molecule has 5 heteroatoms. The smallest absolute Gasteiger partial charge is 0.319 e. The standard InChI is InChI=1S/C11H17N3O2/c1-8(2)6-14-7-12-13-9(14)11(4-5-11)10(15)16-3/h7-8H,4-6H2,1-3H3. The Hall–Kier alpha value is -1.39. The van der Waals surface area contributed by atoms with E-state index in [9.17, 15) is 4.79 Å². The molecule has 1 aromatic heterocycles. The van der Waals surface area contributed by atoms with Gasteiger partial charge in [-0.3, -0.25) is 4.79 Å². The summed E-state index contributed by atoms with van der Waals surface area (Å²) in [6.45, 7) is 5.09.